The van der Waals surface area contributed by atoms with E-state index in [0.717, 1.165) is 38.5 Å². The van der Waals surface area contributed by atoms with Crippen molar-refractivity contribution >= 4 is 35.8 Å². The second-order valence-corrected chi connectivity index (χ2v) is 10.6. The lowest BCUT2D eigenvalue weighted by Crippen LogP contribution is -2.32. The smallest absolute Gasteiger partial charge is 0.331 e. The minimum absolute atomic E-state index is 0.0269. The van der Waals surface area contributed by atoms with Crippen LogP contribution >= 0.6 is 0 Å². The summed E-state index contributed by atoms with van der Waals surface area (Å²) in [5.74, 6) is -6.74. The Morgan fingerprint density at radius 3 is 0.792 bits per heavy atom. The Labute approximate surface area is 281 Å². The molecule has 0 heterocycles. The number of hydrogen-bond acceptors (Lipinski definition) is 9. The Morgan fingerprint density at radius 2 is 0.688 bits per heavy atom. The van der Waals surface area contributed by atoms with Crippen LogP contribution in [0, 0.1) is 5.41 Å². The van der Waals surface area contributed by atoms with Crippen LogP contribution in [0.5, 0.6) is 0 Å². The molecule has 0 bridgehead atoms. The van der Waals surface area contributed by atoms with Crippen molar-refractivity contribution in [2.45, 2.75) is 111 Å². The van der Waals surface area contributed by atoms with Crippen molar-refractivity contribution in [3.05, 3.63) is 34.9 Å². The molecule has 0 aromatic carbocycles. The van der Waals surface area contributed by atoms with Crippen molar-refractivity contribution in [3.8, 4) is 0 Å². The molecule has 9 N–H and O–H groups in total. The lowest BCUT2D eigenvalue weighted by Gasteiger charge is -2.24. The summed E-state index contributed by atoms with van der Waals surface area (Å²) in [6.07, 6.45) is 11.3. The molecule has 278 valence electrons. The number of carbonyl (C=O) groups is 6. The van der Waals surface area contributed by atoms with Crippen LogP contribution in [0.1, 0.15) is 111 Å². The summed E-state index contributed by atoms with van der Waals surface area (Å²) < 4.78 is 0. The first-order valence-electron chi connectivity index (χ1n) is 15.7. The summed E-state index contributed by atoms with van der Waals surface area (Å²) in [4.78, 5) is 62.2. The number of aliphatic carboxylic acids is 6. The zero-order chi connectivity index (χ0) is 38.1. The highest BCUT2D eigenvalue weighted by atomic mass is 16.4. The van der Waals surface area contributed by atoms with Crippen LogP contribution in [-0.4, -0.2) is 102 Å². The molecule has 0 unspecified atom stereocenters. The quantitative estimate of drug-likeness (QED) is 0.0563. The summed E-state index contributed by atoms with van der Waals surface area (Å²) in [5, 5.41) is 76.9. The second kappa shape index (κ2) is 32.8. The Morgan fingerprint density at radius 1 is 0.458 bits per heavy atom. The first-order chi connectivity index (χ1) is 22.5. The normalized spacial score (nSPS) is 11.4. The van der Waals surface area contributed by atoms with Gasteiger partial charge in [-0.25, -0.2) is 14.4 Å². The molecule has 0 spiro atoms. The molecule has 15 heteroatoms. The molecule has 0 aliphatic rings. The molecule has 0 aliphatic heterocycles. The molecule has 0 saturated carbocycles. The first-order valence-corrected chi connectivity index (χ1v) is 15.7. The molecule has 0 radical (unpaired) electrons. The highest BCUT2D eigenvalue weighted by Gasteiger charge is 2.25. The molecular formula is C33H56O15. The van der Waals surface area contributed by atoms with Gasteiger partial charge in [-0.05, 0) is 25.7 Å². The zero-order valence-corrected chi connectivity index (χ0v) is 28.5. The molecule has 0 amide bonds. The highest BCUT2D eigenvalue weighted by Crippen LogP contribution is 2.18. The summed E-state index contributed by atoms with van der Waals surface area (Å²) in [6, 6.07) is 0. The molecule has 0 aliphatic carbocycles. The predicted octanol–water partition coefficient (Wildman–Crippen LogP) is 4.35. The third-order valence-electron chi connectivity index (χ3n) is 6.45. The van der Waals surface area contributed by atoms with Crippen LogP contribution in [0.4, 0.5) is 0 Å². The summed E-state index contributed by atoms with van der Waals surface area (Å²) in [7, 11) is 0. The van der Waals surface area contributed by atoms with Crippen LogP contribution < -0.4 is 0 Å². The molecule has 0 aromatic heterocycles. The van der Waals surface area contributed by atoms with Crippen LogP contribution in [0.25, 0.3) is 0 Å². The van der Waals surface area contributed by atoms with Crippen molar-refractivity contribution < 1.29 is 74.7 Å². The summed E-state index contributed by atoms with van der Waals surface area (Å²) >= 11 is 0. The van der Waals surface area contributed by atoms with Gasteiger partial charge in [-0.3, -0.25) is 14.4 Å². The molecule has 15 nitrogen and oxygen atoms in total. The minimum atomic E-state index is -1.14. The van der Waals surface area contributed by atoms with Crippen molar-refractivity contribution in [3.63, 3.8) is 0 Å². The standard InChI is InChI=1S/3C9H14O4.C6H14O3/c3*1-2-3-4-5-7(9(12)13)6-8(10)11;1-2-6(3-7,4-8)5-9/h3*5H,2-4,6H2,1H3,(H,10,11)(H,12,13);7-9H,2-5H2,1H3. The van der Waals surface area contributed by atoms with Gasteiger partial charge in [0.25, 0.3) is 0 Å². The van der Waals surface area contributed by atoms with Gasteiger partial charge in [0.1, 0.15) is 0 Å². The largest absolute Gasteiger partial charge is 0.481 e. The minimum Gasteiger partial charge on any atom is -0.481 e. The van der Waals surface area contributed by atoms with E-state index in [2.05, 4.69) is 0 Å². The maximum atomic E-state index is 10.5. The van der Waals surface area contributed by atoms with Gasteiger partial charge in [-0.1, -0.05) is 84.4 Å². The van der Waals surface area contributed by atoms with Gasteiger partial charge in [0.05, 0.1) is 39.1 Å². The van der Waals surface area contributed by atoms with E-state index in [1.807, 2.05) is 27.7 Å². The van der Waals surface area contributed by atoms with Gasteiger partial charge in [-0.2, -0.15) is 0 Å². The first kappa shape index (κ1) is 50.8. The zero-order valence-electron chi connectivity index (χ0n) is 28.5. The fourth-order valence-corrected chi connectivity index (χ4v) is 3.12. The van der Waals surface area contributed by atoms with Gasteiger partial charge in [0.2, 0.25) is 0 Å². The number of carboxylic acids is 6. The average Bonchev–Trinajstić information content (AvgIpc) is 3.01. The number of carboxylic acid groups (broad SMARTS) is 6. The van der Waals surface area contributed by atoms with Crippen LogP contribution in [0.2, 0.25) is 0 Å². The van der Waals surface area contributed by atoms with E-state index >= 15 is 0 Å². The Kier molecular flexibility index (Phi) is 34.7. The van der Waals surface area contributed by atoms with Crippen LogP contribution in [0.3, 0.4) is 0 Å². The number of aliphatic hydroxyl groups excluding tert-OH is 3. The van der Waals surface area contributed by atoms with Crippen molar-refractivity contribution in [2.24, 2.45) is 5.41 Å². The maximum absolute atomic E-state index is 10.5. The summed E-state index contributed by atoms with van der Waals surface area (Å²) in [6.45, 7) is 7.33. The van der Waals surface area contributed by atoms with Crippen molar-refractivity contribution in [2.75, 3.05) is 19.8 Å². The fourth-order valence-electron chi connectivity index (χ4n) is 3.12. The predicted molar refractivity (Wildman–Crippen MR) is 176 cm³/mol. The topological polar surface area (TPSA) is 284 Å². The molecule has 0 atom stereocenters. The van der Waals surface area contributed by atoms with E-state index in [1.54, 1.807) is 0 Å². The van der Waals surface area contributed by atoms with E-state index in [0.29, 0.717) is 25.7 Å². The molecule has 48 heavy (non-hydrogen) atoms. The fraction of sp³-hybridized carbons (Fsp3) is 0.636. The number of rotatable bonds is 22. The van der Waals surface area contributed by atoms with E-state index in [-0.39, 0.29) is 36.5 Å². The molecule has 0 rings (SSSR count). The SMILES string of the molecule is CCC(CO)(CO)CO.CCCCC=C(CC(=O)O)C(=O)O.CCCCC=C(CC(=O)O)C(=O)O.CCCCC=C(CC(=O)O)C(=O)O. The van der Waals surface area contributed by atoms with Gasteiger partial charge in [-0.15, -0.1) is 0 Å². The van der Waals surface area contributed by atoms with E-state index < -0.39 is 60.5 Å². The lowest BCUT2D eigenvalue weighted by molar-refractivity contribution is -0.139. The summed E-state index contributed by atoms with van der Waals surface area (Å²) in [5.41, 5.74) is -0.747. The monoisotopic (exact) mass is 692 g/mol. The molecule has 0 saturated heterocycles. The highest BCUT2D eigenvalue weighted by molar-refractivity contribution is 5.93. The number of unbranched alkanes of at least 4 members (excludes halogenated alkanes) is 6. The molecule has 0 aromatic rings. The average molecular weight is 693 g/mol. The third-order valence-corrected chi connectivity index (χ3v) is 6.45. The molecule has 0 fully saturated rings. The van der Waals surface area contributed by atoms with E-state index in [9.17, 15) is 28.8 Å². The van der Waals surface area contributed by atoms with Crippen molar-refractivity contribution in [1.29, 1.82) is 0 Å². The number of hydrogen-bond donors (Lipinski definition) is 9. The van der Waals surface area contributed by atoms with Gasteiger partial charge < -0.3 is 46.0 Å². The van der Waals surface area contributed by atoms with E-state index in [4.69, 9.17) is 46.0 Å². The number of aliphatic hydroxyl groups is 3. The van der Waals surface area contributed by atoms with Crippen LogP contribution in [-0.2, 0) is 28.8 Å². The Balaban J connectivity index is -0.000000271. The Hall–Kier alpha value is -4.08. The third kappa shape index (κ3) is 31.9. The van der Waals surface area contributed by atoms with Crippen molar-refractivity contribution in [1.82, 2.24) is 0 Å². The lowest BCUT2D eigenvalue weighted by atomic mass is 9.88. The van der Waals surface area contributed by atoms with Gasteiger partial charge in [0.15, 0.2) is 0 Å². The Bertz CT molecular complexity index is 906. The second-order valence-electron chi connectivity index (χ2n) is 10.6. The number of allylic oxidation sites excluding steroid dienone is 3. The van der Waals surface area contributed by atoms with Gasteiger partial charge >= 0.3 is 35.8 Å². The maximum Gasteiger partial charge on any atom is 0.331 e. The molecular weight excluding hydrogens is 636 g/mol. The van der Waals surface area contributed by atoms with E-state index in [1.165, 1.54) is 18.2 Å². The van der Waals surface area contributed by atoms with Gasteiger partial charge in [0, 0.05) is 22.1 Å². The van der Waals surface area contributed by atoms with Crippen LogP contribution in [0.15, 0.2) is 34.9 Å².